The molecule has 2 heterocycles. The second kappa shape index (κ2) is 8.87. The fourth-order valence-corrected chi connectivity index (χ4v) is 3.41. The number of carbonyl (C=O) groups excluding carboxylic acids is 2. The van der Waals surface area contributed by atoms with Crippen LogP contribution in [0, 0.1) is 6.92 Å². The van der Waals surface area contributed by atoms with E-state index in [2.05, 4.69) is 20.5 Å². The van der Waals surface area contributed by atoms with Gasteiger partial charge in [0.05, 0.1) is 5.56 Å². The topological polar surface area (TPSA) is 74.3 Å². The van der Waals surface area contributed by atoms with Crippen LogP contribution in [0.4, 0.5) is 11.5 Å². The average Bonchev–Trinajstić information content (AvgIpc) is 2.69. The summed E-state index contributed by atoms with van der Waals surface area (Å²) in [6, 6.07) is 8.98. The van der Waals surface area contributed by atoms with Crippen LogP contribution in [0.15, 0.2) is 36.5 Å². The van der Waals surface area contributed by atoms with Gasteiger partial charge in [0.15, 0.2) is 0 Å². The highest BCUT2D eigenvalue weighted by Crippen LogP contribution is 2.24. The third kappa shape index (κ3) is 4.68. The fraction of sp³-hybridized carbons (Fsp3) is 0.409. The minimum Gasteiger partial charge on any atom is -0.356 e. The summed E-state index contributed by atoms with van der Waals surface area (Å²) in [6.45, 7) is 7.59. The molecule has 2 N–H and O–H groups in total. The van der Waals surface area contributed by atoms with Crippen LogP contribution in [0.1, 0.15) is 59.4 Å². The number of aryl methyl sites for hydroxylation is 1. The van der Waals surface area contributed by atoms with E-state index in [0.717, 1.165) is 37.3 Å². The van der Waals surface area contributed by atoms with E-state index in [1.54, 1.807) is 30.5 Å². The van der Waals surface area contributed by atoms with Crippen molar-refractivity contribution in [3.05, 3.63) is 53.2 Å². The molecule has 0 radical (unpaired) electrons. The number of carbonyl (C=O) groups is 2. The van der Waals surface area contributed by atoms with Gasteiger partial charge < -0.3 is 15.5 Å². The average molecular weight is 380 g/mol. The summed E-state index contributed by atoms with van der Waals surface area (Å²) in [7, 11) is 0. The van der Waals surface area contributed by atoms with Gasteiger partial charge >= 0.3 is 0 Å². The first kappa shape index (κ1) is 19.9. The number of hydrogen-bond donors (Lipinski definition) is 2. The lowest BCUT2D eigenvalue weighted by Gasteiger charge is -2.29. The van der Waals surface area contributed by atoms with Crippen molar-refractivity contribution in [3.63, 3.8) is 0 Å². The maximum absolute atomic E-state index is 12.9. The highest BCUT2D eigenvalue weighted by molar-refractivity contribution is 6.08. The van der Waals surface area contributed by atoms with Gasteiger partial charge in [-0.25, -0.2) is 4.98 Å². The lowest BCUT2D eigenvalue weighted by molar-refractivity contribution is 0.0942. The normalized spacial score (nSPS) is 14.1. The number of nitrogens with zero attached hydrogens (tertiary/aromatic N) is 2. The third-order valence-corrected chi connectivity index (χ3v) is 4.84. The number of anilines is 2. The number of hydrogen-bond acceptors (Lipinski definition) is 4. The highest BCUT2D eigenvalue weighted by Gasteiger charge is 2.20. The van der Waals surface area contributed by atoms with Gasteiger partial charge in [-0.2, -0.15) is 0 Å². The third-order valence-electron chi connectivity index (χ3n) is 4.84. The summed E-state index contributed by atoms with van der Waals surface area (Å²) in [5.41, 5.74) is 2.69. The first-order valence-corrected chi connectivity index (χ1v) is 9.88. The number of rotatable bonds is 5. The summed E-state index contributed by atoms with van der Waals surface area (Å²) < 4.78 is 0. The Balaban J connectivity index is 1.77. The molecule has 1 saturated heterocycles. The van der Waals surface area contributed by atoms with Crippen molar-refractivity contribution >= 4 is 23.3 Å². The quantitative estimate of drug-likeness (QED) is 0.828. The highest BCUT2D eigenvalue weighted by atomic mass is 16.2. The van der Waals surface area contributed by atoms with Crippen LogP contribution in [-0.4, -0.2) is 35.9 Å². The Morgan fingerprint density at radius 1 is 1.07 bits per heavy atom. The lowest BCUT2D eigenvalue weighted by atomic mass is 10.1. The molecular formula is C22H28N4O2. The van der Waals surface area contributed by atoms with Crippen molar-refractivity contribution < 1.29 is 9.59 Å². The zero-order chi connectivity index (χ0) is 20.1. The summed E-state index contributed by atoms with van der Waals surface area (Å²) in [4.78, 5) is 31.8. The minimum atomic E-state index is -0.184. The van der Waals surface area contributed by atoms with E-state index in [-0.39, 0.29) is 17.9 Å². The molecule has 3 rings (SSSR count). The SMILES string of the molecule is Cc1cc(C(=O)NC(C)C)ccc1NC(=O)c1cccnc1N1CCCCC1. The van der Waals surface area contributed by atoms with E-state index in [0.29, 0.717) is 16.8 Å². The standard InChI is InChI=1S/C22H28N4O2/c1-15(2)24-21(27)17-9-10-19(16(3)14-17)25-22(28)18-8-7-11-23-20(18)26-12-5-4-6-13-26/h7-11,14-15H,4-6,12-13H2,1-3H3,(H,24,27)(H,25,28). The minimum absolute atomic E-state index is 0.0750. The van der Waals surface area contributed by atoms with Gasteiger partial charge in [0.25, 0.3) is 11.8 Å². The molecule has 1 fully saturated rings. The molecule has 148 valence electrons. The molecule has 1 aromatic carbocycles. The Morgan fingerprint density at radius 2 is 1.82 bits per heavy atom. The van der Waals surface area contributed by atoms with Gasteiger partial charge in [0.1, 0.15) is 5.82 Å². The molecule has 28 heavy (non-hydrogen) atoms. The Labute approximate surface area is 166 Å². The Hall–Kier alpha value is -2.89. The van der Waals surface area contributed by atoms with Gasteiger partial charge in [-0.3, -0.25) is 9.59 Å². The molecule has 0 saturated carbocycles. The van der Waals surface area contributed by atoms with Crippen LogP contribution in [-0.2, 0) is 0 Å². The molecular weight excluding hydrogens is 352 g/mol. The van der Waals surface area contributed by atoms with Crippen molar-refractivity contribution in [3.8, 4) is 0 Å². The zero-order valence-corrected chi connectivity index (χ0v) is 16.8. The summed E-state index contributed by atoms with van der Waals surface area (Å²) in [5, 5.41) is 5.85. The van der Waals surface area contributed by atoms with Crippen LogP contribution >= 0.6 is 0 Å². The van der Waals surface area contributed by atoms with Crippen molar-refractivity contribution in [2.75, 3.05) is 23.3 Å². The van der Waals surface area contributed by atoms with E-state index in [4.69, 9.17) is 0 Å². The smallest absolute Gasteiger partial charge is 0.259 e. The largest absolute Gasteiger partial charge is 0.356 e. The van der Waals surface area contributed by atoms with E-state index in [9.17, 15) is 9.59 Å². The monoisotopic (exact) mass is 380 g/mol. The predicted octanol–water partition coefficient (Wildman–Crippen LogP) is 3.77. The van der Waals surface area contributed by atoms with Crippen LogP contribution in [0.2, 0.25) is 0 Å². The van der Waals surface area contributed by atoms with Gasteiger partial charge in [0.2, 0.25) is 0 Å². The number of piperidine rings is 1. The molecule has 0 atom stereocenters. The number of amides is 2. The molecule has 0 aliphatic carbocycles. The molecule has 6 nitrogen and oxygen atoms in total. The number of pyridine rings is 1. The summed E-state index contributed by atoms with van der Waals surface area (Å²) >= 11 is 0. The molecule has 1 aliphatic heterocycles. The molecule has 6 heteroatoms. The van der Waals surface area contributed by atoms with Crippen LogP contribution < -0.4 is 15.5 Å². The Bertz CT molecular complexity index is 857. The van der Waals surface area contributed by atoms with Crippen molar-refractivity contribution in [2.24, 2.45) is 0 Å². The van der Waals surface area contributed by atoms with E-state index >= 15 is 0 Å². The Morgan fingerprint density at radius 3 is 2.50 bits per heavy atom. The first-order valence-electron chi connectivity index (χ1n) is 9.88. The van der Waals surface area contributed by atoms with Gasteiger partial charge in [-0.15, -0.1) is 0 Å². The number of nitrogens with one attached hydrogen (secondary N) is 2. The lowest BCUT2D eigenvalue weighted by Crippen LogP contribution is -2.32. The number of aromatic nitrogens is 1. The predicted molar refractivity (Wildman–Crippen MR) is 112 cm³/mol. The molecule has 2 amide bonds. The molecule has 0 unspecified atom stereocenters. The maximum Gasteiger partial charge on any atom is 0.259 e. The van der Waals surface area contributed by atoms with E-state index in [1.165, 1.54) is 6.42 Å². The van der Waals surface area contributed by atoms with Crippen LogP contribution in [0.3, 0.4) is 0 Å². The molecule has 1 aromatic heterocycles. The first-order chi connectivity index (χ1) is 13.5. The molecule has 0 spiro atoms. The number of benzene rings is 1. The second-order valence-corrected chi connectivity index (χ2v) is 7.53. The van der Waals surface area contributed by atoms with Crippen molar-refractivity contribution in [2.45, 2.75) is 46.1 Å². The van der Waals surface area contributed by atoms with Gasteiger partial charge in [-0.1, -0.05) is 0 Å². The molecule has 2 aromatic rings. The zero-order valence-electron chi connectivity index (χ0n) is 16.8. The maximum atomic E-state index is 12.9. The fourth-order valence-electron chi connectivity index (χ4n) is 3.41. The van der Waals surface area contributed by atoms with Gasteiger partial charge in [0, 0.05) is 36.6 Å². The Kier molecular flexibility index (Phi) is 6.29. The van der Waals surface area contributed by atoms with Gasteiger partial charge in [-0.05, 0) is 75.9 Å². The van der Waals surface area contributed by atoms with Crippen LogP contribution in [0.25, 0.3) is 0 Å². The van der Waals surface area contributed by atoms with Crippen molar-refractivity contribution in [1.29, 1.82) is 0 Å². The van der Waals surface area contributed by atoms with E-state index < -0.39 is 0 Å². The summed E-state index contributed by atoms with van der Waals surface area (Å²) in [6.07, 6.45) is 5.20. The molecule has 1 aliphatic rings. The van der Waals surface area contributed by atoms with Crippen LogP contribution in [0.5, 0.6) is 0 Å². The van der Waals surface area contributed by atoms with E-state index in [1.807, 2.05) is 26.8 Å². The summed E-state index contributed by atoms with van der Waals surface area (Å²) in [5.74, 6) is 0.442. The van der Waals surface area contributed by atoms with Crippen molar-refractivity contribution in [1.82, 2.24) is 10.3 Å². The molecule has 0 bridgehead atoms. The second-order valence-electron chi connectivity index (χ2n) is 7.53.